The summed E-state index contributed by atoms with van der Waals surface area (Å²) in [4.78, 5) is 8.30. The quantitative estimate of drug-likeness (QED) is 0.813. The van der Waals surface area contributed by atoms with Crippen LogP contribution in [0, 0.1) is 13.8 Å². The van der Waals surface area contributed by atoms with Crippen molar-refractivity contribution in [2.24, 2.45) is 0 Å². The Hall–Kier alpha value is -2.10. The van der Waals surface area contributed by atoms with E-state index in [0.717, 1.165) is 5.69 Å². The fraction of sp³-hybridized carbons (Fsp3) is 0.231. The average Bonchev–Trinajstić information content (AvgIpc) is 2.31. The van der Waals surface area contributed by atoms with Crippen LogP contribution in [-0.4, -0.2) is 17.1 Å². The Morgan fingerprint density at radius 1 is 1.00 bits per heavy atom. The van der Waals surface area contributed by atoms with Gasteiger partial charge >= 0.3 is 6.01 Å². The lowest BCUT2D eigenvalue weighted by Crippen LogP contribution is -1.96. The van der Waals surface area contributed by atoms with Crippen LogP contribution in [0.3, 0.4) is 0 Å². The van der Waals surface area contributed by atoms with Gasteiger partial charge in [-0.15, -0.1) is 0 Å². The molecule has 2 aromatic rings. The fourth-order valence-electron chi connectivity index (χ4n) is 1.38. The molecule has 0 saturated carbocycles. The second-order valence-electron chi connectivity index (χ2n) is 3.75. The number of rotatable bonds is 3. The van der Waals surface area contributed by atoms with E-state index in [1.807, 2.05) is 38.1 Å². The molecule has 1 aromatic heterocycles. The minimum absolute atomic E-state index is 0.297. The van der Waals surface area contributed by atoms with Crippen molar-refractivity contribution in [2.75, 3.05) is 7.11 Å². The van der Waals surface area contributed by atoms with Gasteiger partial charge in [-0.3, -0.25) is 0 Å². The predicted octanol–water partition coefficient (Wildman–Crippen LogP) is 2.89. The smallest absolute Gasteiger partial charge is 0.325 e. The Morgan fingerprint density at radius 3 is 2.35 bits per heavy atom. The number of benzene rings is 1. The third-order valence-electron chi connectivity index (χ3n) is 2.25. The van der Waals surface area contributed by atoms with Gasteiger partial charge in [0.25, 0.3) is 0 Å². The van der Waals surface area contributed by atoms with E-state index in [2.05, 4.69) is 9.97 Å². The molecule has 0 aliphatic heterocycles. The Kier molecular flexibility index (Phi) is 3.23. The summed E-state index contributed by atoms with van der Waals surface area (Å²) in [6, 6.07) is 9.76. The maximum absolute atomic E-state index is 5.55. The van der Waals surface area contributed by atoms with Crippen LogP contribution < -0.4 is 9.47 Å². The summed E-state index contributed by atoms with van der Waals surface area (Å²) >= 11 is 0. The highest BCUT2D eigenvalue weighted by Gasteiger charge is 2.04. The molecular weight excluding hydrogens is 216 g/mol. The number of ether oxygens (including phenoxy) is 2. The van der Waals surface area contributed by atoms with Gasteiger partial charge in [0, 0.05) is 11.8 Å². The molecule has 4 nitrogen and oxygen atoms in total. The molecule has 88 valence electrons. The number of nitrogens with zero attached hydrogens (tertiary/aromatic N) is 2. The van der Waals surface area contributed by atoms with Crippen LogP contribution in [0.5, 0.6) is 17.6 Å². The lowest BCUT2D eigenvalue weighted by molar-refractivity contribution is 0.375. The van der Waals surface area contributed by atoms with E-state index < -0.39 is 0 Å². The van der Waals surface area contributed by atoms with Crippen molar-refractivity contribution in [3.63, 3.8) is 0 Å². The minimum atomic E-state index is 0.297. The predicted molar refractivity (Wildman–Crippen MR) is 64.6 cm³/mol. The first-order chi connectivity index (χ1) is 8.17. The zero-order valence-corrected chi connectivity index (χ0v) is 10.1. The van der Waals surface area contributed by atoms with Crippen LogP contribution >= 0.6 is 0 Å². The molecule has 0 atom stereocenters. The first-order valence-corrected chi connectivity index (χ1v) is 5.31. The molecule has 0 aliphatic carbocycles. The van der Waals surface area contributed by atoms with Crippen molar-refractivity contribution < 1.29 is 9.47 Å². The van der Waals surface area contributed by atoms with Gasteiger partial charge in [0.05, 0.1) is 7.11 Å². The molecule has 2 rings (SSSR count). The van der Waals surface area contributed by atoms with E-state index in [0.29, 0.717) is 17.6 Å². The number of aryl methyl sites for hydroxylation is 2. The van der Waals surface area contributed by atoms with Gasteiger partial charge in [-0.1, -0.05) is 17.7 Å². The maximum atomic E-state index is 5.55. The second-order valence-corrected chi connectivity index (χ2v) is 3.75. The van der Waals surface area contributed by atoms with Gasteiger partial charge in [-0.25, -0.2) is 0 Å². The summed E-state index contributed by atoms with van der Waals surface area (Å²) in [6.45, 7) is 3.89. The first-order valence-electron chi connectivity index (χ1n) is 5.31. The van der Waals surface area contributed by atoms with Gasteiger partial charge < -0.3 is 9.47 Å². The molecule has 0 bridgehead atoms. The molecule has 1 aromatic carbocycles. The summed E-state index contributed by atoms with van der Waals surface area (Å²) in [6.07, 6.45) is 0. The topological polar surface area (TPSA) is 44.2 Å². The second kappa shape index (κ2) is 4.82. The molecular formula is C13H14N2O2. The molecule has 0 spiro atoms. The van der Waals surface area contributed by atoms with E-state index >= 15 is 0 Å². The van der Waals surface area contributed by atoms with Crippen LogP contribution in [0.25, 0.3) is 0 Å². The van der Waals surface area contributed by atoms with Crippen LogP contribution in [0.4, 0.5) is 0 Å². The van der Waals surface area contributed by atoms with Crippen molar-refractivity contribution in [3.05, 3.63) is 41.6 Å². The Bertz CT molecular complexity index is 509. The van der Waals surface area contributed by atoms with Crippen LogP contribution in [0.2, 0.25) is 0 Å². The molecule has 1 heterocycles. The van der Waals surface area contributed by atoms with Crippen LogP contribution in [0.1, 0.15) is 11.3 Å². The van der Waals surface area contributed by atoms with Gasteiger partial charge in [0.1, 0.15) is 5.75 Å². The van der Waals surface area contributed by atoms with E-state index in [1.165, 1.54) is 5.56 Å². The summed E-state index contributed by atoms with van der Waals surface area (Å²) in [5.74, 6) is 1.21. The van der Waals surface area contributed by atoms with Crippen molar-refractivity contribution in [3.8, 4) is 17.6 Å². The van der Waals surface area contributed by atoms with E-state index in [4.69, 9.17) is 9.47 Å². The number of hydrogen-bond acceptors (Lipinski definition) is 4. The Morgan fingerprint density at radius 2 is 1.71 bits per heavy atom. The minimum Gasteiger partial charge on any atom is -0.481 e. The van der Waals surface area contributed by atoms with Crippen molar-refractivity contribution >= 4 is 0 Å². The number of methoxy groups -OCH3 is 1. The van der Waals surface area contributed by atoms with E-state index in [9.17, 15) is 0 Å². The fourth-order valence-corrected chi connectivity index (χ4v) is 1.38. The Labute approximate surface area is 100 Å². The highest BCUT2D eigenvalue weighted by atomic mass is 16.5. The molecule has 0 amide bonds. The van der Waals surface area contributed by atoms with Gasteiger partial charge in [0.15, 0.2) is 0 Å². The third kappa shape index (κ3) is 2.93. The average molecular weight is 230 g/mol. The van der Waals surface area contributed by atoms with Crippen molar-refractivity contribution in [1.29, 1.82) is 0 Å². The summed E-state index contributed by atoms with van der Waals surface area (Å²) in [7, 11) is 1.57. The first kappa shape index (κ1) is 11.4. The molecule has 0 radical (unpaired) electrons. The van der Waals surface area contributed by atoms with Crippen molar-refractivity contribution in [1.82, 2.24) is 9.97 Å². The summed E-state index contributed by atoms with van der Waals surface area (Å²) in [5, 5.41) is 0. The molecule has 0 fully saturated rings. The third-order valence-corrected chi connectivity index (χ3v) is 2.25. The number of aromatic nitrogens is 2. The highest BCUT2D eigenvalue weighted by molar-refractivity contribution is 5.29. The maximum Gasteiger partial charge on any atom is 0.325 e. The number of hydrogen-bond donors (Lipinski definition) is 0. The van der Waals surface area contributed by atoms with E-state index in [-0.39, 0.29) is 0 Å². The molecule has 4 heteroatoms. The SMILES string of the molecule is COc1cc(C)nc(Oc2ccc(C)cc2)n1. The van der Waals surface area contributed by atoms with Gasteiger partial charge in [0.2, 0.25) is 5.88 Å². The normalized spacial score (nSPS) is 10.1. The van der Waals surface area contributed by atoms with E-state index in [1.54, 1.807) is 13.2 Å². The zero-order chi connectivity index (χ0) is 12.3. The molecule has 0 unspecified atom stereocenters. The Balaban J connectivity index is 2.23. The van der Waals surface area contributed by atoms with Gasteiger partial charge in [-0.05, 0) is 26.0 Å². The van der Waals surface area contributed by atoms with Crippen LogP contribution in [-0.2, 0) is 0 Å². The summed E-state index contributed by atoms with van der Waals surface area (Å²) in [5.41, 5.74) is 1.99. The molecule has 17 heavy (non-hydrogen) atoms. The molecule has 0 N–H and O–H groups in total. The largest absolute Gasteiger partial charge is 0.481 e. The summed E-state index contributed by atoms with van der Waals surface area (Å²) < 4.78 is 10.6. The lowest BCUT2D eigenvalue weighted by atomic mass is 10.2. The van der Waals surface area contributed by atoms with Crippen molar-refractivity contribution in [2.45, 2.75) is 13.8 Å². The monoisotopic (exact) mass is 230 g/mol. The molecule has 0 aliphatic rings. The van der Waals surface area contributed by atoms with Gasteiger partial charge in [-0.2, -0.15) is 9.97 Å². The lowest BCUT2D eigenvalue weighted by Gasteiger charge is -2.06. The van der Waals surface area contributed by atoms with Crippen LogP contribution in [0.15, 0.2) is 30.3 Å². The molecule has 0 saturated heterocycles. The highest BCUT2D eigenvalue weighted by Crippen LogP contribution is 2.20. The zero-order valence-electron chi connectivity index (χ0n) is 10.1. The standard InChI is InChI=1S/C13H14N2O2/c1-9-4-6-11(7-5-9)17-13-14-10(2)8-12(15-13)16-3/h4-8H,1-3H3.